The largest absolute Gasteiger partial charge is 1.00 e. The Morgan fingerprint density at radius 2 is 1.38 bits per heavy atom. The zero-order valence-corrected chi connectivity index (χ0v) is 16.1. The van der Waals surface area contributed by atoms with Crippen LogP contribution in [-0.4, -0.2) is 0 Å². The van der Waals surface area contributed by atoms with Gasteiger partial charge >= 0.3 is 0 Å². The number of rotatable bonds is 5. The molecule has 0 aliphatic rings. The lowest BCUT2D eigenvalue weighted by Gasteiger charge is -2.09. The fourth-order valence-electron chi connectivity index (χ4n) is 3.11. The molecular weight excluding hydrogens is 384 g/mol. The minimum atomic E-state index is 0. The monoisotopic (exact) mass is 404 g/mol. The van der Waals surface area contributed by atoms with E-state index in [0.717, 1.165) is 13.1 Å². The van der Waals surface area contributed by atoms with Crippen molar-refractivity contribution < 1.29 is 21.5 Å². The van der Waals surface area contributed by atoms with Gasteiger partial charge in [0.25, 0.3) is 0 Å². The maximum atomic E-state index is 3.56. The van der Waals surface area contributed by atoms with Gasteiger partial charge in [0.2, 0.25) is 0 Å². The smallest absolute Gasteiger partial charge is 0.177 e. The molecule has 0 fully saturated rings. The van der Waals surface area contributed by atoms with E-state index in [1.54, 1.807) is 0 Å². The number of nitrogens with zero attached hydrogens (tertiary/aromatic N) is 1. The molecule has 1 aromatic heterocycles. The Kier molecular flexibility index (Phi) is 6.03. The lowest BCUT2D eigenvalue weighted by atomic mass is 10.1. The first kappa shape index (κ1) is 18.2. The molecule has 26 heavy (non-hydrogen) atoms. The van der Waals surface area contributed by atoms with Gasteiger partial charge < -0.3 is 22.3 Å². The van der Waals surface area contributed by atoms with Crippen LogP contribution in [0.1, 0.15) is 11.1 Å². The van der Waals surface area contributed by atoms with Gasteiger partial charge in [-0.15, -0.1) is 0 Å². The molecule has 130 valence electrons. The second kappa shape index (κ2) is 8.63. The molecule has 4 aromatic rings. The Morgan fingerprint density at radius 3 is 2.12 bits per heavy atom. The Bertz CT molecular complexity index is 969. The third-order valence-electron chi connectivity index (χ3n) is 4.41. The molecule has 0 radical (unpaired) electrons. The fourth-order valence-corrected chi connectivity index (χ4v) is 3.11. The first-order chi connectivity index (χ1) is 12.4. The molecule has 1 N–H and O–H groups in total. The maximum absolute atomic E-state index is 3.56. The molecule has 0 atom stereocenters. The van der Waals surface area contributed by atoms with Crippen molar-refractivity contribution in [3.63, 3.8) is 0 Å². The van der Waals surface area contributed by atoms with Crippen LogP contribution < -0.4 is 26.9 Å². The van der Waals surface area contributed by atoms with Crippen LogP contribution >= 0.6 is 0 Å². The third-order valence-corrected chi connectivity index (χ3v) is 4.41. The van der Waals surface area contributed by atoms with Gasteiger partial charge in [-0.1, -0.05) is 66.7 Å². The molecule has 0 saturated carbocycles. The number of hydrogen-bond donors (Lipinski definition) is 1. The van der Waals surface area contributed by atoms with E-state index in [2.05, 4.69) is 101 Å². The summed E-state index contributed by atoms with van der Waals surface area (Å²) in [6.07, 6.45) is 4.37. The van der Waals surface area contributed by atoms with Crippen LogP contribution in [0.5, 0.6) is 0 Å². The van der Waals surface area contributed by atoms with Gasteiger partial charge in [0.1, 0.15) is 0 Å². The van der Waals surface area contributed by atoms with E-state index in [1.165, 1.54) is 27.6 Å². The zero-order valence-electron chi connectivity index (χ0n) is 14.5. The van der Waals surface area contributed by atoms with Gasteiger partial charge in [-0.3, -0.25) is 0 Å². The minimum absolute atomic E-state index is 0. The first-order valence-corrected chi connectivity index (χ1v) is 8.62. The number of pyridine rings is 1. The van der Waals surface area contributed by atoms with E-state index in [-0.39, 0.29) is 17.0 Å². The topological polar surface area (TPSA) is 15.9 Å². The summed E-state index contributed by atoms with van der Waals surface area (Å²) in [6, 6.07) is 29.7. The summed E-state index contributed by atoms with van der Waals surface area (Å²) in [4.78, 5) is 0. The molecule has 0 spiro atoms. The van der Waals surface area contributed by atoms with Crippen LogP contribution in [0.25, 0.3) is 10.8 Å². The second-order valence-electron chi connectivity index (χ2n) is 6.25. The molecule has 2 nitrogen and oxygen atoms in total. The molecule has 0 bridgehead atoms. The first-order valence-electron chi connectivity index (χ1n) is 8.62. The van der Waals surface area contributed by atoms with Crippen LogP contribution in [0, 0.1) is 0 Å². The Balaban J connectivity index is 0.00000196. The van der Waals surface area contributed by atoms with E-state index in [1.807, 2.05) is 6.07 Å². The van der Waals surface area contributed by atoms with E-state index in [4.69, 9.17) is 0 Å². The van der Waals surface area contributed by atoms with Crippen LogP contribution in [0.2, 0.25) is 0 Å². The van der Waals surface area contributed by atoms with Gasteiger partial charge in [0.05, 0.1) is 0 Å². The molecular formula is C23H21BrN2. The Labute approximate surface area is 164 Å². The second-order valence-corrected chi connectivity index (χ2v) is 6.25. The molecule has 0 saturated heterocycles. The van der Waals surface area contributed by atoms with Crippen molar-refractivity contribution in [1.29, 1.82) is 0 Å². The number of hydrogen-bond acceptors (Lipinski definition) is 1. The fraction of sp³-hybridized carbons (Fsp3) is 0.0870. The summed E-state index contributed by atoms with van der Waals surface area (Å²) < 4.78 is 2.23. The van der Waals surface area contributed by atoms with Gasteiger partial charge in [-0.05, 0) is 17.7 Å². The van der Waals surface area contributed by atoms with Crippen LogP contribution in [-0.2, 0) is 13.1 Å². The molecule has 4 rings (SSSR count). The average molecular weight is 405 g/mol. The van der Waals surface area contributed by atoms with Gasteiger partial charge in [-0.2, -0.15) is 0 Å². The lowest BCUT2D eigenvalue weighted by molar-refractivity contribution is -0.687. The SMILES string of the molecule is [Br-].c1ccc(CNc2cccc3c[n+](Cc4ccccc4)ccc23)cc1. The van der Waals surface area contributed by atoms with E-state index >= 15 is 0 Å². The summed E-state index contributed by atoms with van der Waals surface area (Å²) in [6.45, 7) is 1.72. The summed E-state index contributed by atoms with van der Waals surface area (Å²) in [7, 11) is 0. The van der Waals surface area contributed by atoms with Crippen LogP contribution in [0.3, 0.4) is 0 Å². The number of benzene rings is 3. The Hall–Kier alpha value is -2.65. The van der Waals surface area contributed by atoms with Gasteiger partial charge in [0.15, 0.2) is 18.9 Å². The molecule has 1 heterocycles. The number of anilines is 1. The number of fused-ring (bicyclic) bond motifs is 1. The lowest BCUT2D eigenvalue weighted by Crippen LogP contribution is -3.00. The highest BCUT2D eigenvalue weighted by Crippen LogP contribution is 2.22. The molecule has 0 amide bonds. The van der Waals surface area contributed by atoms with E-state index < -0.39 is 0 Å². The van der Waals surface area contributed by atoms with E-state index in [9.17, 15) is 0 Å². The third kappa shape index (κ3) is 4.30. The molecule has 0 aliphatic heterocycles. The summed E-state index contributed by atoms with van der Waals surface area (Å²) in [5.74, 6) is 0. The molecule has 3 aromatic carbocycles. The highest BCUT2D eigenvalue weighted by atomic mass is 79.9. The summed E-state index contributed by atoms with van der Waals surface area (Å²) in [5.41, 5.74) is 3.77. The quantitative estimate of drug-likeness (QED) is 0.501. The molecule has 0 unspecified atom stereocenters. The number of aromatic nitrogens is 1. The van der Waals surface area contributed by atoms with Crippen LogP contribution in [0.15, 0.2) is 97.3 Å². The highest BCUT2D eigenvalue weighted by molar-refractivity contribution is 5.92. The number of nitrogens with one attached hydrogen (secondary N) is 1. The van der Waals surface area contributed by atoms with Crippen molar-refractivity contribution in [1.82, 2.24) is 0 Å². The normalized spacial score (nSPS) is 10.3. The summed E-state index contributed by atoms with van der Waals surface area (Å²) >= 11 is 0. The highest BCUT2D eigenvalue weighted by Gasteiger charge is 2.07. The van der Waals surface area contributed by atoms with Crippen molar-refractivity contribution in [3.05, 3.63) is 108 Å². The van der Waals surface area contributed by atoms with Crippen LogP contribution in [0.4, 0.5) is 5.69 Å². The van der Waals surface area contributed by atoms with Crippen molar-refractivity contribution >= 4 is 16.5 Å². The van der Waals surface area contributed by atoms with Crippen molar-refractivity contribution in [2.45, 2.75) is 13.1 Å². The standard InChI is InChI=1S/C23H21N2.BrH/c1-3-8-19(9-4-1)16-24-23-13-7-12-21-18-25(15-14-22(21)23)17-20-10-5-2-6-11-20;/h1-15,18,24H,16-17H2;1H/q+1;/p-1. The summed E-state index contributed by atoms with van der Waals surface area (Å²) in [5, 5.41) is 6.06. The van der Waals surface area contributed by atoms with E-state index in [0.29, 0.717) is 0 Å². The maximum Gasteiger partial charge on any atom is 0.177 e. The van der Waals surface area contributed by atoms with Crippen molar-refractivity contribution in [2.24, 2.45) is 0 Å². The zero-order chi connectivity index (χ0) is 16.9. The predicted octanol–water partition coefficient (Wildman–Crippen LogP) is 1.79. The minimum Gasteiger partial charge on any atom is -1.00 e. The van der Waals surface area contributed by atoms with Gasteiger partial charge in [0, 0.05) is 34.6 Å². The molecule has 0 aliphatic carbocycles. The Morgan fingerprint density at radius 1 is 0.692 bits per heavy atom. The number of halogens is 1. The predicted molar refractivity (Wildman–Crippen MR) is 103 cm³/mol. The molecule has 3 heteroatoms. The van der Waals surface area contributed by atoms with Gasteiger partial charge in [-0.25, -0.2) is 4.57 Å². The van der Waals surface area contributed by atoms with Crippen molar-refractivity contribution in [3.8, 4) is 0 Å². The van der Waals surface area contributed by atoms with Crippen molar-refractivity contribution in [2.75, 3.05) is 5.32 Å². The average Bonchev–Trinajstić information content (AvgIpc) is 2.68.